The smallest absolute Gasteiger partial charge is 0.416 e. The lowest BCUT2D eigenvalue weighted by molar-refractivity contribution is -0.159. The molecule has 1 aliphatic carbocycles. The van der Waals surface area contributed by atoms with Crippen molar-refractivity contribution in [2.75, 3.05) is 53.0 Å². The summed E-state index contributed by atoms with van der Waals surface area (Å²) < 4.78 is 53.2. The van der Waals surface area contributed by atoms with Crippen LogP contribution in [-0.4, -0.2) is 168 Å². The number of rotatable bonds is 15. The maximum absolute atomic E-state index is 15.3. The number of ketones is 2. The average molecular weight is 1220 g/mol. The monoisotopic (exact) mass is 1220 g/mol. The van der Waals surface area contributed by atoms with Crippen molar-refractivity contribution in [1.82, 2.24) is 20.0 Å². The fourth-order valence-electron chi connectivity index (χ4n) is 11.9. The van der Waals surface area contributed by atoms with E-state index in [2.05, 4.69) is 24.1 Å². The first kappa shape index (κ1) is 67.6. The van der Waals surface area contributed by atoms with Crippen LogP contribution >= 0.6 is 15.2 Å². The minimum absolute atomic E-state index is 0.0122. The molecule has 7 rings (SSSR count). The zero-order valence-corrected chi connectivity index (χ0v) is 52.1. The topological polar surface area (TPSA) is 338 Å². The normalized spacial score (nSPS) is 28.3. The number of Topliss-reactive ketones (excluding diaryl/α,β-unsaturated/α-hetero) is 2. The highest BCUT2D eigenvalue weighted by Crippen LogP contribution is 2.62. The highest BCUT2D eigenvalue weighted by Gasteiger charge is 2.58. The number of aliphatic hydroxyl groups is 1. The van der Waals surface area contributed by atoms with Crippen molar-refractivity contribution in [2.45, 2.75) is 144 Å². The van der Waals surface area contributed by atoms with Crippen molar-refractivity contribution in [1.29, 1.82) is 0 Å². The zero-order valence-electron chi connectivity index (χ0n) is 50.3. The number of phenols is 1. The Morgan fingerprint density at radius 2 is 1.54 bits per heavy atom. The quantitative estimate of drug-likeness (QED) is 0.0416. The van der Waals surface area contributed by atoms with Crippen molar-refractivity contribution in [2.24, 2.45) is 46.4 Å². The summed E-state index contributed by atoms with van der Waals surface area (Å²) >= 11 is 0. The molecule has 1 aromatic carbocycles. The van der Waals surface area contributed by atoms with Gasteiger partial charge in [-0.2, -0.15) is 0 Å². The Hall–Kier alpha value is -5.55. The number of ether oxygens (including phenoxy) is 5. The van der Waals surface area contributed by atoms with E-state index in [4.69, 9.17) is 28.7 Å². The molecule has 1 saturated heterocycles. The molecule has 0 saturated carbocycles. The fraction of sp³-hybridized carbons (Fsp3) is 0.638. The van der Waals surface area contributed by atoms with Gasteiger partial charge in [0.15, 0.2) is 5.40 Å². The van der Waals surface area contributed by atoms with E-state index in [0.29, 0.717) is 19.0 Å². The number of allylic oxidation sites excluding steroid dienone is 5. The van der Waals surface area contributed by atoms with Gasteiger partial charge >= 0.3 is 39.0 Å². The summed E-state index contributed by atoms with van der Waals surface area (Å²) in [6.07, 6.45) is 4.90. The lowest BCUT2D eigenvalue weighted by atomic mass is 9.72. The molecule has 6 aliphatic rings. The van der Waals surface area contributed by atoms with Crippen molar-refractivity contribution in [3.8, 4) is 11.5 Å². The second-order valence-corrected chi connectivity index (χ2v) is 27.8. The van der Waals surface area contributed by atoms with Crippen LogP contribution in [0.15, 0.2) is 52.5 Å². The van der Waals surface area contributed by atoms with Crippen LogP contribution in [0.4, 0.5) is 4.79 Å². The number of nitrogens with one attached hydrogen (secondary N) is 1. The van der Waals surface area contributed by atoms with E-state index in [9.17, 15) is 58.1 Å². The van der Waals surface area contributed by atoms with Gasteiger partial charge in [-0.05, 0) is 68.9 Å². The van der Waals surface area contributed by atoms with Gasteiger partial charge in [0.2, 0.25) is 5.78 Å². The summed E-state index contributed by atoms with van der Waals surface area (Å²) in [5.74, 6) is -8.45. The second kappa shape index (κ2) is 27.0. The van der Waals surface area contributed by atoms with E-state index in [1.807, 2.05) is 27.7 Å². The van der Waals surface area contributed by atoms with Gasteiger partial charge in [-0.25, -0.2) is 9.69 Å². The van der Waals surface area contributed by atoms with E-state index in [1.165, 1.54) is 52.0 Å². The maximum Gasteiger partial charge on any atom is 0.416 e. The number of piperidine rings is 1. The Kier molecular flexibility index (Phi) is 21.7. The highest BCUT2D eigenvalue weighted by molar-refractivity contribution is 7.70. The summed E-state index contributed by atoms with van der Waals surface area (Å²) in [6.45, 7) is 22.4. The number of aliphatic hydroxyl groups excluding tert-OH is 1. The number of nitrogens with zero attached hydrogens (tertiary/aromatic N) is 4. The van der Waals surface area contributed by atoms with Gasteiger partial charge in [0, 0.05) is 81.4 Å². The number of hydrogen-bond donors (Lipinski definition) is 7. The average Bonchev–Trinajstić information content (AvgIpc) is 1.58. The Morgan fingerprint density at radius 3 is 2.13 bits per heavy atom. The molecule has 1 spiro atoms. The van der Waals surface area contributed by atoms with Gasteiger partial charge in [-0.1, -0.05) is 80.0 Å². The first-order chi connectivity index (χ1) is 39.1. The summed E-state index contributed by atoms with van der Waals surface area (Å²) in [5, 5.41) is 24.8. The molecule has 7 N–H and O–H groups in total. The van der Waals surface area contributed by atoms with Gasteiger partial charge in [0.05, 0.1) is 42.9 Å². The number of carbonyl (C=O) groups is 6. The first-order valence-electron chi connectivity index (χ1n) is 28.6. The second-order valence-electron chi connectivity index (χ2n) is 23.8. The van der Waals surface area contributed by atoms with E-state index in [0.717, 1.165) is 6.54 Å². The summed E-state index contributed by atoms with van der Waals surface area (Å²) in [7, 11) is -9.16. The molecule has 0 unspecified atom stereocenters. The minimum atomic E-state index is -5.17. The van der Waals surface area contributed by atoms with E-state index in [1.54, 1.807) is 37.0 Å². The number of esters is 2. The Balaban J connectivity index is 1.42. The number of likely N-dealkylation sites (tertiary alicyclic amines) is 1. The van der Waals surface area contributed by atoms with Crippen LogP contribution in [0, 0.1) is 48.3 Å². The minimum Gasteiger partial charge on any atom is -0.507 e. The van der Waals surface area contributed by atoms with Crippen LogP contribution in [0.25, 0.3) is 0 Å². The van der Waals surface area contributed by atoms with Gasteiger partial charge in [-0.3, -0.25) is 43.0 Å². The number of unbranched alkanes of at least 4 members (excludes halogenated alkanes) is 1. The number of aromatic hydroxyl groups is 1. The number of phenolic OH excluding ortho intramolecular Hbond substituents is 1. The molecule has 1 aromatic rings. The predicted molar refractivity (Wildman–Crippen MR) is 309 cm³/mol. The molecule has 2 amide bonds. The van der Waals surface area contributed by atoms with Crippen molar-refractivity contribution in [3.05, 3.63) is 69.8 Å². The molecule has 5 bridgehead atoms. The molecule has 84 heavy (non-hydrogen) atoms. The molecule has 0 radical (unpaired) electrons. The molecule has 1 fully saturated rings. The SMILES string of the molecule is COC(=O)N1C2=C3NC(=O)/C(C)=C\C=C\[C@H](C)[C@H](OC(=O)CN(CCCCC(P(=O)(O)O)P(=O)(O)O)CCOC(C)=O)[C@@H](C)[C@@H](O)[C@@H](C)[C@H](C)[C@H](C)[C@@H](C)/C=C/O[C@@]4(C)Oc5c(C)c(O)c(c(c5C4=O)C2=NC12CCN(CC(C)C)CC2)C3=O. The number of benzene rings is 1. The van der Waals surface area contributed by atoms with Crippen LogP contribution < -0.4 is 10.1 Å². The van der Waals surface area contributed by atoms with Gasteiger partial charge in [0.25, 0.3) is 11.7 Å². The Labute approximate surface area is 491 Å². The van der Waals surface area contributed by atoms with E-state index >= 15 is 9.59 Å². The molecule has 0 aromatic heterocycles. The predicted octanol–water partition coefficient (Wildman–Crippen LogP) is 6.69. The third kappa shape index (κ3) is 14.6. The van der Waals surface area contributed by atoms with E-state index in [-0.39, 0.29) is 115 Å². The fourth-order valence-corrected chi connectivity index (χ4v) is 14.5. The zero-order chi connectivity index (χ0) is 62.7. The number of aliphatic imine (C=N–C) groups is 1. The molecular weight excluding hydrogens is 1130 g/mol. The number of fused-ring (bicyclic) bond motifs is 13. The standard InChI is InChI=1S/C58H85N5O19P2/c1-31(2)29-62-24-21-58(22-25-62)60-46-43-44-50(67)39(10)53-45(43)54(69)57(12,82-53)80-27-20-32(3)35(6)36(7)37(8)49(66)38(9)52(33(4)17-16-18-34(5)55(70)59-47(51(44)68)48(46)63(58)56(71)78-13)81-41(65)30-61(26-28-79-40(11)64)23-15-14-19-42(83(72,73)74)84(75,76)77/h16-18,20,27,31-33,35-38,42,49,52,66-67H,14-15,19,21-26,28-30H2,1-13H3,(H,59,70)(H2,72,73,74)(H2,75,76,77)/b17-16+,27-20+,34-18-/t32-,33-,35+,36+,37-,38-,49-,52-,57-/m0/s1. The molecule has 24 nitrogen and oxygen atoms in total. The van der Waals surface area contributed by atoms with Crippen LogP contribution in [0.5, 0.6) is 11.5 Å². The van der Waals surface area contributed by atoms with Crippen LogP contribution in [0.2, 0.25) is 0 Å². The summed E-state index contributed by atoms with van der Waals surface area (Å²) in [6, 6.07) is 0. The van der Waals surface area contributed by atoms with Crippen LogP contribution in [0.3, 0.4) is 0 Å². The molecule has 9 atom stereocenters. The van der Waals surface area contributed by atoms with Gasteiger partial charge in [-0.15, -0.1) is 0 Å². The number of amides is 2. The van der Waals surface area contributed by atoms with Gasteiger partial charge < -0.3 is 63.7 Å². The Morgan fingerprint density at radius 1 is 0.893 bits per heavy atom. The Bertz CT molecular complexity index is 2950. The lowest BCUT2D eigenvalue weighted by Gasteiger charge is -2.43. The highest BCUT2D eigenvalue weighted by atomic mass is 31.2. The molecule has 5 aliphatic heterocycles. The molecular formula is C58H85N5O19P2. The van der Waals surface area contributed by atoms with E-state index < -0.39 is 115 Å². The summed E-state index contributed by atoms with van der Waals surface area (Å²) in [5.41, 5.74) is -2.34. The third-order valence-electron chi connectivity index (χ3n) is 17.3. The molecule has 466 valence electrons. The first-order valence-corrected chi connectivity index (χ1v) is 31.9. The number of methoxy groups -OCH3 is 1. The maximum atomic E-state index is 15.3. The molecule has 5 heterocycles. The van der Waals surface area contributed by atoms with Crippen LogP contribution in [0.1, 0.15) is 140 Å². The van der Waals surface area contributed by atoms with Crippen molar-refractivity contribution in [3.63, 3.8) is 0 Å². The number of carbonyl (C=O) groups excluding carboxylic acids is 6. The van der Waals surface area contributed by atoms with Crippen molar-refractivity contribution >= 4 is 56.4 Å². The largest absolute Gasteiger partial charge is 0.507 e. The number of hydrogen-bond acceptors (Lipinski definition) is 18. The van der Waals surface area contributed by atoms with Gasteiger partial charge in [0.1, 0.15) is 41.3 Å². The lowest BCUT2D eigenvalue weighted by Crippen LogP contribution is -2.54. The van der Waals surface area contributed by atoms with Crippen molar-refractivity contribution < 1.29 is 91.4 Å². The summed E-state index contributed by atoms with van der Waals surface area (Å²) in [4.78, 5) is 134. The molecule has 26 heteroatoms. The van der Waals surface area contributed by atoms with Crippen LogP contribution in [-0.2, 0) is 42.5 Å². The third-order valence-corrected chi connectivity index (χ3v) is 21.2.